The lowest BCUT2D eigenvalue weighted by Gasteiger charge is -2.39. The Bertz CT molecular complexity index is 928. The highest BCUT2D eigenvalue weighted by Crippen LogP contribution is 2.26. The van der Waals surface area contributed by atoms with Crippen LogP contribution < -0.4 is 4.74 Å². The number of amides is 1. The van der Waals surface area contributed by atoms with Crippen LogP contribution in [0, 0.1) is 5.92 Å². The molecular weight excluding hydrogens is 324 g/mol. The second-order valence-corrected chi connectivity index (χ2v) is 7.08. The Hall–Kier alpha value is -2.88. The topological polar surface area (TPSA) is 42.4 Å². The molecule has 3 aromatic rings. The van der Waals surface area contributed by atoms with Crippen LogP contribution in [0.5, 0.6) is 5.75 Å². The molecule has 1 saturated heterocycles. The Morgan fingerprint density at radius 1 is 1.08 bits per heavy atom. The normalized spacial score (nSPS) is 14.5. The molecule has 0 radical (unpaired) electrons. The highest BCUT2D eigenvalue weighted by molar-refractivity contribution is 5.83. The molecule has 4 rings (SSSR count). The van der Waals surface area contributed by atoms with Gasteiger partial charge in [0.05, 0.1) is 18.6 Å². The van der Waals surface area contributed by atoms with Crippen LogP contribution in [0.2, 0.25) is 0 Å². The summed E-state index contributed by atoms with van der Waals surface area (Å²) in [6, 6.07) is 18.3. The minimum Gasteiger partial charge on any atom is -0.487 e. The van der Waals surface area contributed by atoms with E-state index in [1.165, 1.54) is 0 Å². The van der Waals surface area contributed by atoms with Crippen LogP contribution in [0.4, 0.5) is 0 Å². The van der Waals surface area contributed by atoms with Crippen molar-refractivity contribution in [1.82, 2.24) is 9.88 Å². The molecule has 2 heterocycles. The summed E-state index contributed by atoms with van der Waals surface area (Å²) in [6.07, 6.45) is 1.99. The van der Waals surface area contributed by atoms with Crippen LogP contribution in [0.3, 0.4) is 0 Å². The van der Waals surface area contributed by atoms with Gasteiger partial charge in [-0.15, -0.1) is 0 Å². The highest BCUT2D eigenvalue weighted by Gasteiger charge is 2.33. The number of pyridine rings is 1. The quantitative estimate of drug-likeness (QED) is 0.713. The summed E-state index contributed by atoms with van der Waals surface area (Å²) in [5.74, 6) is 1.08. The van der Waals surface area contributed by atoms with E-state index in [1.54, 1.807) is 0 Å². The van der Waals surface area contributed by atoms with Gasteiger partial charge in [0.15, 0.2) is 0 Å². The van der Waals surface area contributed by atoms with Gasteiger partial charge >= 0.3 is 0 Å². The maximum atomic E-state index is 11.9. The first-order valence-electron chi connectivity index (χ1n) is 9.01. The van der Waals surface area contributed by atoms with E-state index >= 15 is 0 Å². The molecule has 0 atom stereocenters. The maximum Gasteiger partial charge on any atom is 0.225 e. The number of benzene rings is 2. The molecule has 0 saturated carbocycles. The van der Waals surface area contributed by atoms with E-state index in [1.807, 2.05) is 55.3 Å². The molecule has 4 heteroatoms. The molecule has 0 N–H and O–H groups in total. The summed E-state index contributed by atoms with van der Waals surface area (Å²) in [6.45, 7) is 5.20. The molecule has 1 fully saturated rings. The smallest absolute Gasteiger partial charge is 0.225 e. The van der Waals surface area contributed by atoms with E-state index < -0.39 is 0 Å². The average Bonchev–Trinajstić information content (AvgIpc) is 2.64. The first kappa shape index (κ1) is 16.6. The van der Waals surface area contributed by atoms with Gasteiger partial charge in [0.1, 0.15) is 11.9 Å². The number of hydrogen-bond acceptors (Lipinski definition) is 3. The first-order valence-corrected chi connectivity index (χ1v) is 9.01. The van der Waals surface area contributed by atoms with E-state index in [0.29, 0.717) is 13.1 Å². The van der Waals surface area contributed by atoms with Gasteiger partial charge in [-0.2, -0.15) is 0 Å². The van der Waals surface area contributed by atoms with Crippen molar-refractivity contribution in [3.8, 4) is 16.9 Å². The van der Waals surface area contributed by atoms with Crippen LogP contribution in [-0.4, -0.2) is 35.0 Å². The van der Waals surface area contributed by atoms with E-state index in [9.17, 15) is 4.79 Å². The van der Waals surface area contributed by atoms with Gasteiger partial charge < -0.3 is 9.64 Å². The molecule has 0 bridgehead atoms. The van der Waals surface area contributed by atoms with Crippen molar-refractivity contribution < 1.29 is 9.53 Å². The molecule has 2 aromatic carbocycles. The molecular formula is C22H22N2O2. The number of nitrogens with zero attached hydrogens (tertiary/aromatic N) is 2. The van der Waals surface area contributed by atoms with Crippen molar-refractivity contribution in [2.45, 2.75) is 20.0 Å². The number of carbonyl (C=O) groups is 1. The second-order valence-electron chi connectivity index (χ2n) is 7.08. The number of carbonyl (C=O) groups excluding carboxylic acids is 1. The Kier molecular flexibility index (Phi) is 4.33. The summed E-state index contributed by atoms with van der Waals surface area (Å²) >= 11 is 0. The molecule has 1 aromatic heterocycles. The van der Waals surface area contributed by atoms with E-state index in [2.05, 4.69) is 29.2 Å². The summed E-state index contributed by atoms with van der Waals surface area (Å²) in [5.41, 5.74) is 3.20. The molecule has 26 heavy (non-hydrogen) atoms. The fourth-order valence-corrected chi connectivity index (χ4v) is 3.21. The molecule has 0 aliphatic carbocycles. The van der Waals surface area contributed by atoms with E-state index in [0.717, 1.165) is 27.8 Å². The number of rotatable bonds is 4. The number of para-hydroxylation sites is 1. The number of ether oxygens (including phenoxy) is 1. The number of likely N-dealkylation sites (tertiary alicyclic amines) is 1. The maximum absolute atomic E-state index is 11.9. The number of fused-ring (bicyclic) bond motifs is 1. The third-order valence-corrected chi connectivity index (χ3v) is 4.73. The van der Waals surface area contributed by atoms with Crippen LogP contribution in [0.15, 0.2) is 60.8 Å². The van der Waals surface area contributed by atoms with Crippen molar-refractivity contribution in [1.29, 1.82) is 0 Å². The highest BCUT2D eigenvalue weighted by atomic mass is 16.5. The summed E-state index contributed by atoms with van der Waals surface area (Å²) in [7, 11) is 0. The lowest BCUT2D eigenvalue weighted by atomic mass is 10.1. The molecule has 1 aliphatic heterocycles. The van der Waals surface area contributed by atoms with Crippen molar-refractivity contribution in [3.63, 3.8) is 0 Å². The van der Waals surface area contributed by atoms with Crippen LogP contribution >= 0.6 is 0 Å². The van der Waals surface area contributed by atoms with Crippen molar-refractivity contribution in [2.24, 2.45) is 5.92 Å². The zero-order valence-electron chi connectivity index (χ0n) is 15.1. The summed E-state index contributed by atoms with van der Waals surface area (Å²) < 4.78 is 5.96. The van der Waals surface area contributed by atoms with Gasteiger partial charge in [0, 0.05) is 23.1 Å². The van der Waals surface area contributed by atoms with Gasteiger partial charge in [0.25, 0.3) is 0 Å². The number of hydrogen-bond donors (Lipinski definition) is 0. The van der Waals surface area contributed by atoms with Gasteiger partial charge in [-0.1, -0.05) is 44.2 Å². The lowest BCUT2D eigenvalue weighted by Crippen LogP contribution is -2.57. The first-order chi connectivity index (χ1) is 12.6. The Morgan fingerprint density at radius 3 is 2.54 bits per heavy atom. The molecule has 1 aliphatic rings. The Balaban J connectivity index is 1.41. The van der Waals surface area contributed by atoms with Gasteiger partial charge in [-0.3, -0.25) is 9.78 Å². The summed E-state index contributed by atoms with van der Waals surface area (Å²) in [5, 5.41) is 1.13. The number of aromatic nitrogens is 1. The summed E-state index contributed by atoms with van der Waals surface area (Å²) in [4.78, 5) is 18.3. The average molecular weight is 346 g/mol. The minimum atomic E-state index is 0.0470. The predicted molar refractivity (Wildman–Crippen MR) is 103 cm³/mol. The Morgan fingerprint density at radius 2 is 1.81 bits per heavy atom. The monoisotopic (exact) mass is 346 g/mol. The van der Waals surface area contributed by atoms with Crippen LogP contribution in [-0.2, 0) is 4.79 Å². The van der Waals surface area contributed by atoms with Gasteiger partial charge in [0.2, 0.25) is 5.91 Å². The van der Waals surface area contributed by atoms with Crippen LogP contribution in [0.1, 0.15) is 13.8 Å². The SMILES string of the molecule is CC(C)C(=O)N1CC(Oc2ccc(-c3cnc4ccccc4c3)cc2)C1. The van der Waals surface area contributed by atoms with Crippen LogP contribution in [0.25, 0.3) is 22.0 Å². The van der Waals surface area contributed by atoms with Gasteiger partial charge in [-0.05, 0) is 29.8 Å². The van der Waals surface area contributed by atoms with Crippen molar-refractivity contribution in [2.75, 3.05) is 13.1 Å². The van der Waals surface area contributed by atoms with Gasteiger partial charge in [-0.25, -0.2) is 0 Å². The lowest BCUT2D eigenvalue weighted by molar-refractivity contribution is -0.143. The minimum absolute atomic E-state index is 0.0470. The van der Waals surface area contributed by atoms with Crippen molar-refractivity contribution >= 4 is 16.8 Å². The molecule has 0 spiro atoms. The van der Waals surface area contributed by atoms with Crippen molar-refractivity contribution in [3.05, 3.63) is 60.8 Å². The fraction of sp³-hybridized carbons (Fsp3) is 0.273. The molecule has 132 valence electrons. The molecule has 0 unspecified atom stereocenters. The second kappa shape index (κ2) is 6.79. The molecule has 4 nitrogen and oxygen atoms in total. The standard InChI is InChI=1S/C22H22N2O2/c1-15(2)22(25)24-13-20(14-24)26-19-9-7-16(8-10-19)18-11-17-5-3-4-6-21(17)23-12-18/h3-12,15,20H,13-14H2,1-2H3. The Labute approximate surface area is 153 Å². The fourth-order valence-electron chi connectivity index (χ4n) is 3.21. The third-order valence-electron chi connectivity index (χ3n) is 4.73. The third kappa shape index (κ3) is 3.27. The largest absolute Gasteiger partial charge is 0.487 e. The van der Waals surface area contributed by atoms with E-state index in [4.69, 9.17) is 4.74 Å². The zero-order chi connectivity index (χ0) is 18.1. The predicted octanol–water partition coefficient (Wildman–Crippen LogP) is 4.15. The van der Waals surface area contributed by atoms with E-state index in [-0.39, 0.29) is 17.9 Å². The molecule has 1 amide bonds. The zero-order valence-corrected chi connectivity index (χ0v) is 15.1.